The molecule has 4 rings (SSSR count). The highest BCUT2D eigenvalue weighted by Crippen LogP contribution is 2.31. The van der Waals surface area contributed by atoms with E-state index in [2.05, 4.69) is 9.97 Å². The number of nitrogens with zero attached hydrogens (tertiary/aromatic N) is 1. The molecule has 0 saturated heterocycles. The van der Waals surface area contributed by atoms with Gasteiger partial charge in [0.15, 0.2) is 0 Å². The Morgan fingerprint density at radius 3 is 2.30 bits per heavy atom. The largest absolute Gasteiger partial charge is 0.416 e. The van der Waals surface area contributed by atoms with Gasteiger partial charge in [-0.25, -0.2) is 4.98 Å². The molecule has 0 amide bonds. The molecule has 0 bridgehead atoms. The van der Waals surface area contributed by atoms with Crippen LogP contribution in [0.5, 0.6) is 0 Å². The van der Waals surface area contributed by atoms with Crippen LogP contribution in [0.1, 0.15) is 23.1 Å². The first-order chi connectivity index (χ1) is 12.9. The zero-order valence-corrected chi connectivity index (χ0v) is 14.0. The maximum atomic E-state index is 12.7. The van der Waals surface area contributed by atoms with Crippen LogP contribution in [-0.4, -0.2) is 15.1 Å². The molecule has 27 heavy (non-hydrogen) atoms. The van der Waals surface area contributed by atoms with Gasteiger partial charge in [0.05, 0.1) is 17.5 Å². The molecule has 3 nitrogen and oxygen atoms in total. The summed E-state index contributed by atoms with van der Waals surface area (Å²) in [7, 11) is 0. The monoisotopic (exact) mass is 368 g/mol. The summed E-state index contributed by atoms with van der Waals surface area (Å²) in [6, 6.07) is 18.3. The minimum Gasteiger partial charge on any atom is -0.380 e. The predicted octanol–water partition coefficient (Wildman–Crippen LogP) is 5.33. The summed E-state index contributed by atoms with van der Waals surface area (Å²) in [6.07, 6.45) is -3.83. The van der Waals surface area contributed by atoms with Crippen LogP contribution in [0.3, 0.4) is 0 Å². The van der Waals surface area contributed by atoms with Crippen molar-refractivity contribution in [3.05, 3.63) is 89.9 Å². The van der Waals surface area contributed by atoms with E-state index in [1.54, 1.807) is 0 Å². The van der Waals surface area contributed by atoms with Gasteiger partial charge in [0.2, 0.25) is 0 Å². The van der Waals surface area contributed by atoms with Crippen LogP contribution in [0.4, 0.5) is 13.2 Å². The number of fused-ring (bicyclic) bond motifs is 1. The van der Waals surface area contributed by atoms with Crippen molar-refractivity contribution in [2.75, 3.05) is 0 Å². The highest BCUT2D eigenvalue weighted by Gasteiger charge is 2.30. The Kier molecular flexibility index (Phi) is 4.20. The normalized spacial score (nSPS) is 13.0. The summed E-state index contributed by atoms with van der Waals surface area (Å²) >= 11 is 0. The number of imidazole rings is 1. The lowest BCUT2D eigenvalue weighted by molar-refractivity contribution is -0.137. The Labute approximate surface area is 153 Å². The minimum absolute atomic E-state index is 0.333. The van der Waals surface area contributed by atoms with Crippen LogP contribution >= 0.6 is 0 Å². The number of aromatic nitrogens is 2. The molecule has 6 heteroatoms. The van der Waals surface area contributed by atoms with Crippen molar-refractivity contribution in [3.63, 3.8) is 0 Å². The van der Waals surface area contributed by atoms with Gasteiger partial charge in [-0.1, -0.05) is 48.5 Å². The average molecular weight is 368 g/mol. The molecule has 0 aliphatic heterocycles. The smallest absolute Gasteiger partial charge is 0.380 e. The molecule has 1 aromatic heterocycles. The number of aliphatic hydroxyl groups is 1. The third-order valence-electron chi connectivity index (χ3n) is 4.47. The van der Waals surface area contributed by atoms with Gasteiger partial charge in [0.25, 0.3) is 0 Å². The van der Waals surface area contributed by atoms with E-state index < -0.39 is 17.8 Å². The standard InChI is InChI=1S/C21H15F3N2O/c22-21(23,24)17-9-7-14(8-10-17)18-12-25-20(26-18)19(27)16-6-5-13-3-1-2-4-15(13)11-16/h1-12,19,27H,(H,25,26). The van der Waals surface area contributed by atoms with Crippen LogP contribution < -0.4 is 0 Å². The first-order valence-corrected chi connectivity index (χ1v) is 8.31. The number of rotatable bonds is 3. The summed E-state index contributed by atoms with van der Waals surface area (Å²) in [4.78, 5) is 7.18. The predicted molar refractivity (Wildman–Crippen MR) is 97.0 cm³/mol. The number of hydrogen-bond acceptors (Lipinski definition) is 2. The Bertz CT molecular complexity index is 1080. The molecule has 0 aliphatic rings. The molecule has 1 heterocycles. The molecule has 1 unspecified atom stereocenters. The van der Waals surface area contributed by atoms with Gasteiger partial charge in [0, 0.05) is 0 Å². The molecular formula is C21H15F3N2O. The zero-order valence-electron chi connectivity index (χ0n) is 14.0. The van der Waals surface area contributed by atoms with Gasteiger partial charge >= 0.3 is 6.18 Å². The molecule has 3 aromatic carbocycles. The number of nitrogens with one attached hydrogen (secondary N) is 1. The summed E-state index contributed by atoms with van der Waals surface area (Å²) in [6.45, 7) is 0. The molecule has 2 N–H and O–H groups in total. The molecule has 0 aliphatic carbocycles. The van der Waals surface area contributed by atoms with Crippen molar-refractivity contribution in [2.24, 2.45) is 0 Å². The number of aliphatic hydroxyl groups excluding tert-OH is 1. The summed E-state index contributed by atoms with van der Waals surface area (Å²) in [5.74, 6) is 0.333. The lowest BCUT2D eigenvalue weighted by Crippen LogP contribution is -2.04. The number of H-pyrrole nitrogens is 1. The molecule has 0 radical (unpaired) electrons. The fraction of sp³-hybridized carbons (Fsp3) is 0.0952. The van der Waals surface area contributed by atoms with Gasteiger partial charge in [-0.15, -0.1) is 0 Å². The van der Waals surface area contributed by atoms with Crippen LogP contribution in [0.2, 0.25) is 0 Å². The molecule has 0 spiro atoms. The third-order valence-corrected chi connectivity index (χ3v) is 4.47. The Hall–Kier alpha value is -3.12. The van der Waals surface area contributed by atoms with E-state index >= 15 is 0 Å². The number of alkyl halides is 3. The van der Waals surface area contributed by atoms with E-state index in [1.807, 2.05) is 42.5 Å². The summed E-state index contributed by atoms with van der Waals surface area (Å²) in [5.41, 5.74) is 1.08. The quantitative estimate of drug-likeness (QED) is 0.513. The van der Waals surface area contributed by atoms with Gasteiger partial charge in [-0.05, 0) is 40.1 Å². The Balaban J connectivity index is 1.61. The maximum Gasteiger partial charge on any atom is 0.416 e. The van der Waals surface area contributed by atoms with Crippen molar-refractivity contribution in [1.82, 2.24) is 9.97 Å². The van der Waals surface area contributed by atoms with Gasteiger partial charge in [-0.2, -0.15) is 13.2 Å². The van der Waals surface area contributed by atoms with E-state index in [0.29, 0.717) is 22.6 Å². The van der Waals surface area contributed by atoms with Crippen LogP contribution in [0, 0.1) is 0 Å². The van der Waals surface area contributed by atoms with Crippen molar-refractivity contribution < 1.29 is 18.3 Å². The second kappa shape index (κ2) is 6.55. The lowest BCUT2D eigenvalue weighted by Gasteiger charge is -2.10. The zero-order chi connectivity index (χ0) is 19.0. The summed E-state index contributed by atoms with van der Waals surface area (Å²) < 4.78 is 38.0. The molecular weight excluding hydrogens is 353 g/mol. The highest BCUT2D eigenvalue weighted by molar-refractivity contribution is 5.83. The lowest BCUT2D eigenvalue weighted by atomic mass is 10.0. The van der Waals surface area contributed by atoms with E-state index in [1.165, 1.54) is 18.3 Å². The van der Waals surface area contributed by atoms with E-state index in [-0.39, 0.29) is 0 Å². The number of aromatic amines is 1. The van der Waals surface area contributed by atoms with E-state index in [0.717, 1.165) is 22.9 Å². The molecule has 136 valence electrons. The second-order valence-electron chi connectivity index (χ2n) is 6.27. The maximum absolute atomic E-state index is 12.7. The third kappa shape index (κ3) is 3.44. The molecule has 1 atom stereocenters. The fourth-order valence-electron chi connectivity index (χ4n) is 3.00. The van der Waals surface area contributed by atoms with Gasteiger partial charge < -0.3 is 10.1 Å². The highest BCUT2D eigenvalue weighted by atomic mass is 19.4. The van der Waals surface area contributed by atoms with E-state index in [4.69, 9.17) is 0 Å². The first kappa shape index (κ1) is 17.3. The van der Waals surface area contributed by atoms with Gasteiger partial charge in [0.1, 0.15) is 11.9 Å². The topological polar surface area (TPSA) is 48.9 Å². The van der Waals surface area contributed by atoms with Crippen molar-refractivity contribution >= 4 is 10.8 Å². The van der Waals surface area contributed by atoms with E-state index in [9.17, 15) is 18.3 Å². The average Bonchev–Trinajstić information content (AvgIpc) is 3.16. The minimum atomic E-state index is -4.37. The van der Waals surface area contributed by atoms with Crippen molar-refractivity contribution in [3.8, 4) is 11.3 Å². The number of benzene rings is 3. The fourth-order valence-corrected chi connectivity index (χ4v) is 3.00. The molecule has 4 aromatic rings. The Morgan fingerprint density at radius 1 is 0.889 bits per heavy atom. The summed E-state index contributed by atoms with van der Waals surface area (Å²) in [5, 5.41) is 12.7. The van der Waals surface area contributed by atoms with Crippen LogP contribution in [-0.2, 0) is 6.18 Å². The Morgan fingerprint density at radius 2 is 1.59 bits per heavy atom. The first-order valence-electron chi connectivity index (χ1n) is 8.31. The van der Waals surface area contributed by atoms with Crippen molar-refractivity contribution in [2.45, 2.75) is 12.3 Å². The SMILES string of the molecule is OC(c1ccc2ccccc2c1)c1ncc(-c2ccc(C(F)(F)F)cc2)[nH]1. The van der Waals surface area contributed by atoms with Crippen LogP contribution in [0.15, 0.2) is 72.9 Å². The van der Waals surface area contributed by atoms with Crippen LogP contribution in [0.25, 0.3) is 22.0 Å². The number of hydrogen-bond donors (Lipinski definition) is 2. The number of halogens is 3. The molecule has 0 saturated carbocycles. The van der Waals surface area contributed by atoms with Gasteiger partial charge in [-0.3, -0.25) is 0 Å². The molecule has 0 fully saturated rings. The van der Waals surface area contributed by atoms with Crippen molar-refractivity contribution in [1.29, 1.82) is 0 Å². The second-order valence-corrected chi connectivity index (χ2v) is 6.27.